The van der Waals surface area contributed by atoms with Crippen LogP contribution in [0.25, 0.3) is 0 Å². The Morgan fingerprint density at radius 2 is 2.24 bits per heavy atom. The maximum absolute atomic E-state index is 4.63. The van der Waals surface area contributed by atoms with Crippen molar-refractivity contribution in [3.8, 4) is 0 Å². The standard InChI is InChI=1S/C12H21N5/c1-10-9-17(5-4-16(10)3)12-8-14-7-11(15-12)6-13-2/h7-8,10,13H,4-6,9H2,1-3H3. The predicted molar refractivity (Wildman–Crippen MR) is 69.1 cm³/mol. The molecule has 0 spiro atoms. The van der Waals surface area contributed by atoms with Gasteiger partial charge in [0.05, 0.1) is 11.9 Å². The van der Waals surface area contributed by atoms with Crippen molar-refractivity contribution in [2.24, 2.45) is 0 Å². The molecule has 17 heavy (non-hydrogen) atoms. The summed E-state index contributed by atoms with van der Waals surface area (Å²) in [4.78, 5) is 13.6. The first-order valence-electron chi connectivity index (χ1n) is 6.11. The van der Waals surface area contributed by atoms with E-state index in [0.717, 1.165) is 37.7 Å². The quantitative estimate of drug-likeness (QED) is 0.818. The first kappa shape index (κ1) is 12.3. The molecule has 1 aliphatic rings. The Morgan fingerprint density at radius 3 is 2.94 bits per heavy atom. The number of nitrogens with one attached hydrogen (secondary N) is 1. The third-order valence-corrected chi connectivity index (χ3v) is 3.31. The van der Waals surface area contributed by atoms with Crippen LogP contribution < -0.4 is 10.2 Å². The topological polar surface area (TPSA) is 44.3 Å². The normalized spacial score (nSPS) is 21.8. The summed E-state index contributed by atoms with van der Waals surface area (Å²) < 4.78 is 0. The van der Waals surface area contributed by atoms with Crippen molar-refractivity contribution in [3.05, 3.63) is 18.1 Å². The summed E-state index contributed by atoms with van der Waals surface area (Å²) in [7, 11) is 4.09. The minimum Gasteiger partial charge on any atom is -0.352 e. The van der Waals surface area contributed by atoms with Crippen LogP contribution in [0.15, 0.2) is 12.4 Å². The molecule has 2 rings (SSSR count). The van der Waals surface area contributed by atoms with Crippen molar-refractivity contribution in [2.75, 3.05) is 38.6 Å². The summed E-state index contributed by atoms with van der Waals surface area (Å²) in [6, 6.07) is 0.568. The number of rotatable bonds is 3. The van der Waals surface area contributed by atoms with Gasteiger partial charge in [-0.3, -0.25) is 4.98 Å². The maximum atomic E-state index is 4.63. The number of aromatic nitrogens is 2. The van der Waals surface area contributed by atoms with Gasteiger partial charge in [-0.25, -0.2) is 4.98 Å². The minimum atomic E-state index is 0.568. The first-order valence-corrected chi connectivity index (χ1v) is 6.11. The highest BCUT2D eigenvalue weighted by Crippen LogP contribution is 2.15. The van der Waals surface area contributed by atoms with Gasteiger partial charge < -0.3 is 15.1 Å². The van der Waals surface area contributed by atoms with Crippen LogP contribution in [0.5, 0.6) is 0 Å². The zero-order chi connectivity index (χ0) is 12.3. The summed E-state index contributed by atoms with van der Waals surface area (Å²) in [6.45, 7) is 6.15. The molecule has 0 amide bonds. The Morgan fingerprint density at radius 1 is 1.41 bits per heavy atom. The van der Waals surface area contributed by atoms with Crippen LogP contribution in [-0.4, -0.2) is 54.6 Å². The highest BCUT2D eigenvalue weighted by atomic mass is 15.3. The van der Waals surface area contributed by atoms with Gasteiger partial charge in [0.25, 0.3) is 0 Å². The molecule has 0 radical (unpaired) electrons. The molecule has 1 saturated heterocycles. The van der Waals surface area contributed by atoms with Crippen molar-refractivity contribution >= 4 is 5.82 Å². The van der Waals surface area contributed by atoms with Crippen molar-refractivity contribution in [3.63, 3.8) is 0 Å². The van der Waals surface area contributed by atoms with Gasteiger partial charge in [0, 0.05) is 38.4 Å². The SMILES string of the molecule is CNCc1cncc(N2CCN(C)C(C)C2)n1. The molecule has 1 atom stereocenters. The molecule has 1 unspecified atom stereocenters. The fraction of sp³-hybridized carbons (Fsp3) is 0.667. The average molecular weight is 235 g/mol. The van der Waals surface area contributed by atoms with Gasteiger partial charge in [-0.15, -0.1) is 0 Å². The molecule has 5 nitrogen and oxygen atoms in total. The molecular weight excluding hydrogens is 214 g/mol. The summed E-state index contributed by atoms with van der Waals surface area (Å²) in [5.41, 5.74) is 0.997. The molecule has 0 aliphatic carbocycles. The monoisotopic (exact) mass is 235 g/mol. The average Bonchev–Trinajstić information content (AvgIpc) is 2.33. The smallest absolute Gasteiger partial charge is 0.147 e. The van der Waals surface area contributed by atoms with Gasteiger partial charge in [-0.1, -0.05) is 0 Å². The number of anilines is 1. The Bertz CT molecular complexity index is 368. The molecule has 0 saturated carbocycles. The molecule has 2 heterocycles. The van der Waals surface area contributed by atoms with Crippen molar-refractivity contribution in [1.82, 2.24) is 20.2 Å². The van der Waals surface area contributed by atoms with Crippen LogP contribution in [0.4, 0.5) is 5.82 Å². The molecule has 1 N–H and O–H groups in total. The maximum Gasteiger partial charge on any atom is 0.147 e. The lowest BCUT2D eigenvalue weighted by molar-refractivity contribution is 0.233. The van der Waals surface area contributed by atoms with E-state index in [9.17, 15) is 0 Å². The lowest BCUT2D eigenvalue weighted by Crippen LogP contribution is -2.50. The number of hydrogen-bond donors (Lipinski definition) is 1. The van der Waals surface area contributed by atoms with Gasteiger partial charge in [0.15, 0.2) is 0 Å². The second-order valence-electron chi connectivity index (χ2n) is 4.67. The molecule has 1 aromatic rings. The van der Waals surface area contributed by atoms with Gasteiger partial charge in [0.2, 0.25) is 0 Å². The van der Waals surface area contributed by atoms with E-state index in [-0.39, 0.29) is 0 Å². The third-order valence-electron chi connectivity index (χ3n) is 3.31. The number of likely N-dealkylation sites (N-methyl/N-ethyl adjacent to an activating group) is 1. The van der Waals surface area contributed by atoms with E-state index in [1.165, 1.54) is 0 Å². The summed E-state index contributed by atoms with van der Waals surface area (Å²) >= 11 is 0. The Labute approximate surface area is 103 Å². The van der Waals surface area contributed by atoms with Crippen LogP contribution in [0.2, 0.25) is 0 Å². The van der Waals surface area contributed by atoms with E-state index in [2.05, 4.69) is 39.1 Å². The van der Waals surface area contributed by atoms with Crippen molar-refractivity contribution < 1.29 is 0 Å². The molecule has 94 valence electrons. The summed E-state index contributed by atoms with van der Waals surface area (Å²) in [6.07, 6.45) is 3.68. The van der Waals surface area contributed by atoms with E-state index < -0.39 is 0 Å². The fourth-order valence-corrected chi connectivity index (χ4v) is 2.07. The van der Waals surface area contributed by atoms with Crippen LogP contribution >= 0.6 is 0 Å². The van der Waals surface area contributed by atoms with Gasteiger partial charge in [-0.05, 0) is 21.0 Å². The Balaban J connectivity index is 2.09. The Hall–Kier alpha value is -1.20. The fourth-order valence-electron chi connectivity index (χ4n) is 2.07. The van der Waals surface area contributed by atoms with Gasteiger partial charge in [-0.2, -0.15) is 0 Å². The van der Waals surface area contributed by atoms with Gasteiger partial charge >= 0.3 is 0 Å². The molecule has 5 heteroatoms. The van der Waals surface area contributed by atoms with E-state index in [0.29, 0.717) is 6.04 Å². The van der Waals surface area contributed by atoms with E-state index >= 15 is 0 Å². The predicted octanol–water partition coefficient (Wildman–Crippen LogP) is 0.336. The first-order chi connectivity index (χ1) is 8.20. The highest BCUT2D eigenvalue weighted by molar-refractivity contribution is 5.37. The lowest BCUT2D eigenvalue weighted by atomic mass is 10.2. The number of nitrogens with zero attached hydrogens (tertiary/aromatic N) is 4. The van der Waals surface area contributed by atoms with Crippen LogP contribution in [-0.2, 0) is 6.54 Å². The van der Waals surface area contributed by atoms with E-state index in [4.69, 9.17) is 0 Å². The largest absolute Gasteiger partial charge is 0.352 e. The van der Waals surface area contributed by atoms with Gasteiger partial charge in [0.1, 0.15) is 5.82 Å². The lowest BCUT2D eigenvalue weighted by Gasteiger charge is -2.38. The van der Waals surface area contributed by atoms with Crippen LogP contribution in [0, 0.1) is 0 Å². The summed E-state index contributed by atoms with van der Waals surface area (Å²) in [5.74, 6) is 0.998. The molecular formula is C12H21N5. The Kier molecular flexibility index (Phi) is 3.91. The zero-order valence-electron chi connectivity index (χ0n) is 10.8. The van der Waals surface area contributed by atoms with Crippen LogP contribution in [0.3, 0.4) is 0 Å². The van der Waals surface area contributed by atoms with E-state index in [1.54, 1.807) is 0 Å². The zero-order valence-corrected chi connectivity index (χ0v) is 10.8. The van der Waals surface area contributed by atoms with Crippen molar-refractivity contribution in [2.45, 2.75) is 19.5 Å². The van der Waals surface area contributed by atoms with E-state index in [1.807, 2.05) is 19.4 Å². The second kappa shape index (κ2) is 5.42. The number of hydrogen-bond acceptors (Lipinski definition) is 5. The highest BCUT2D eigenvalue weighted by Gasteiger charge is 2.21. The molecule has 1 aliphatic heterocycles. The number of piperazine rings is 1. The van der Waals surface area contributed by atoms with Crippen molar-refractivity contribution in [1.29, 1.82) is 0 Å². The third kappa shape index (κ3) is 2.92. The van der Waals surface area contributed by atoms with Crippen LogP contribution in [0.1, 0.15) is 12.6 Å². The summed E-state index contributed by atoms with van der Waals surface area (Å²) in [5, 5.41) is 3.10. The molecule has 0 aromatic carbocycles. The molecule has 1 aromatic heterocycles. The minimum absolute atomic E-state index is 0.568. The molecule has 0 bridgehead atoms. The molecule has 1 fully saturated rings. The second-order valence-corrected chi connectivity index (χ2v) is 4.67.